The third-order valence-corrected chi connectivity index (χ3v) is 13.7. The number of allylic oxidation sites excluding steroid dienone is 12. The summed E-state index contributed by atoms with van der Waals surface area (Å²) >= 11 is 0. The molecule has 0 saturated heterocycles. The Bertz CT molecular complexity index is 1170. The van der Waals surface area contributed by atoms with Crippen LogP contribution >= 0.6 is 0 Å². The first-order chi connectivity index (χ1) is 33.7. The van der Waals surface area contributed by atoms with Crippen LogP contribution in [-0.4, -0.2) is 34.9 Å². The average Bonchev–Trinajstić information content (AvgIpc) is 3.34. The van der Waals surface area contributed by atoms with Gasteiger partial charge >= 0.3 is 0 Å². The van der Waals surface area contributed by atoms with Crippen LogP contribution in [0.1, 0.15) is 309 Å². The third kappa shape index (κ3) is 54.8. The number of amides is 1. The van der Waals surface area contributed by atoms with E-state index in [1.807, 2.05) is 0 Å². The second kappa shape index (κ2) is 59.1. The lowest BCUT2D eigenvalue weighted by atomic mass is 10.0. The van der Waals surface area contributed by atoms with E-state index in [1.54, 1.807) is 0 Å². The quantitative estimate of drug-likeness (QED) is 0.0420. The van der Waals surface area contributed by atoms with Gasteiger partial charge in [0, 0.05) is 6.42 Å². The molecule has 0 fully saturated rings. The van der Waals surface area contributed by atoms with Crippen molar-refractivity contribution in [2.45, 2.75) is 321 Å². The van der Waals surface area contributed by atoms with Crippen LogP contribution in [0.3, 0.4) is 0 Å². The molecule has 396 valence electrons. The smallest absolute Gasteiger partial charge is 0.220 e. The first-order valence-electron chi connectivity index (χ1n) is 30.1. The Kier molecular flexibility index (Phi) is 57.3. The molecule has 0 aromatic rings. The zero-order chi connectivity index (χ0) is 49.2. The van der Waals surface area contributed by atoms with Crippen LogP contribution in [-0.2, 0) is 4.79 Å². The summed E-state index contributed by atoms with van der Waals surface area (Å²) in [6, 6.07) is -0.542. The molecule has 2 atom stereocenters. The van der Waals surface area contributed by atoms with Crippen LogP contribution in [0.2, 0.25) is 0 Å². The Morgan fingerprint density at radius 3 is 0.971 bits per heavy atom. The standard InChI is InChI=1S/C64H117NO3/c1-3-5-7-9-11-13-15-17-19-21-23-25-27-29-30-31-32-33-34-36-38-40-42-44-46-48-50-52-54-56-58-60-64(68)65-62(61-66)63(67)59-57-55-53-51-49-47-45-43-41-39-37-35-28-26-24-22-20-18-16-14-12-10-8-6-4-2/h5,7,11,13,17,19,23,25,29-30,32-33,62-63,66-67H,3-4,6,8-10,12,14-16,18,20-22,24,26-28,31,34-61H2,1-2H3,(H,65,68)/b7-5-,13-11-,19-17-,25-23-,30-29-,33-32-. The molecule has 4 nitrogen and oxygen atoms in total. The number of hydrogen-bond acceptors (Lipinski definition) is 3. The number of aliphatic hydroxyl groups excluding tert-OH is 2. The molecule has 2 unspecified atom stereocenters. The highest BCUT2D eigenvalue weighted by Crippen LogP contribution is 2.18. The zero-order valence-corrected chi connectivity index (χ0v) is 45.6. The molecule has 0 bridgehead atoms. The highest BCUT2D eigenvalue weighted by Gasteiger charge is 2.20. The van der Waals surface area contributed by atoms with E-state index in [0.29, 0.717) is 12.8 Å². The minimum absolute atomic E-state index is 0.0322. The number of carbonyl (C=O) groups excluding carboxylic acids is 1. The predicted molar refractivity (Wildman–Crippen MR) is 304 cm³/mol. The lowest BCUT2D eigenvalue weighted by molar-refractivity contribution is -0.123. The largest absolute Gasteiger partial charge is 0.394 e. The summed E-state index contributed by atoms with van der Waals surface area (Å²) in [5.41, 5.74) is 0. The van der Waals surface area contributed by atoms with Crippen molar-refractivity contribution in [3.63, 3.8) is 0 Å². The molecule has 1 amide bonds. The summed E-state index contributed by atoms with van der Waals surface area (Å²) < 4.78 is 0. The lowest BCUT2D eigenvalue weighted by Crippen LogP contribution is -2.45. The lowest BCUT2D eigenvalue weighted by Gasteiger charge is -2.22. The minimum Gasteiger partial charge on any atom is -0.394 e. The highest BCUT2D eigenvalue weighted by atomic mass is 16.3. The molecular weight excluding hydrogens is 831 g/mol. The van der Waals surface area contributed by atoms with E-state index in [2.05, 4.69) is 92.1 Å². The molecule has 3 N–H and O–H groups in total. The Labute approximate surface area is 425 Å². The molecular formula is C64H117NO3. The van der Waals surface area contributed by atoms with Gasteiger partial charge in [-0.2, -0.15) is 0 Å². The van der Waals surface area contributed by atoms with Crippen LogP contribution in [0, 0.1) is 0 Å². The fourth-order valence-corrected chi connectivity index (χ4v) is 9.19. The maximum absolute atomic E-state index is 12.5. The molecule has 0 aromatic carbocycles. The fourth-order valence-electron chi connectivity index (χ4n) is 9.19. The molecule has 0 aromatic heterocycles. The Balaban J connectivity index is 3.48. The average molecular weight is 949 g/mol. The number of unbranched alkanes of at least 4 members (excludes halogenated alkanes) is 36. The van der Waals surface area contributed by atoms with Crippen molar-refractivity contribution in [1.82, 2.24) is 5.32 Å². The van der Waals surface area contributed by atoms with E-state index in [1.165, 1.54) is 218 Å². The summed E-state index contributed by atoms with van der Waals surface area (Å²) in [5.74, 6) is -0.0322. The number of rotatable bonds is 55. The van der Waals surface area contributed by atoms with Crippen molar-refractivity contribution in [3.8, 4) is 0 Å². The van der Waals surface area contributed by atoms with Crippen LogP contribution in [0.25, 0.3) is 0 Å². The van der Waals surface area contributed by atoms with E-state index in [9.17, 15) is 15.0 Å². The number of nitrogens with one attached hydrogen (secondary N) is 1. The van der Waals surface area contributed by atoms with Gasteiger partial charge in [0.25, 0.3) is 0 Å². The van der Waals surface area contributed by atoms with Crippen molar-refractivity contribution in [1.29, 1.82) is 0 Å². The van der Waals surface area contributed by atoms with Gasteiger partial charge in [-0.3, -0.25) is 4.79 Å². The summed E-state index contributed by atoms with van der Waals surface area (Å²) in [6.45, 7) is 4.27. The van der Waals surface area contributed by atoms with Crippen LogP contribution < -0.4 is 5.32 Å². The first kappa shape index (κ1) is 65.8. The normalized spacial score (nSPS) is 13.3. The van der Waals surface area contributed by atoms with Crippen molar-refractivity contribution < 1.29 is 15.0 Å². The predicted octanol–water partition coefficient (Wildman–Crippen LogP) is 20.1. The van der Waals surface area contributed by atoms with E-state index in [-0.39, 0.29) is 12.5 Å². The van der Waals surface area contributed by atoms with E-state index < -0.39 is 12.1 Å². The van der Waals surface area contributed by atoms with Crippen molar-refractivity contribution in [3.05, 3.63) is 72.9 Å². The molecule has 0 aliphatic rings. The number of carbonyl (C=O) groups is 1. The van der Waals surface area contributed by atoms with Gasteiger partial charge in [-0.05, 0) is 64.2 Å². The van der Waals surface area contributed by atoms with E-state index >= 15 is 0 Å². The SMILES string of the molecule is CC/C=C\C/C=C\C/C=C\C/C=C\C/C=C\C/C=C\CCCCCCCCCCCCCCC(=O)NC(CO)C(O)CCCCCCCCCCCCCCCCCCCCCCCCCCC. The number of hydrogen-bond donors (Lipinski definition) is 3. The van der Waals surface area contributed by atoms with Gasteiger partial charge in [0.15, 0.2) is 0 Å². The molecule has 0 saturated carbocycles. The zero-order valence-electron chi connectivity index (χ0n) is 45.6. The van der Waals surface area contributed by atoms with Gasteiger partial charge in [-0.25, -0.2) is 0 Å². The second-order valence-corrected chi connectivity index (χ2v) is 20.4. The van der Waals surface area contributed by atoms with Gasteiger partial charge in [-0.1, -0.05) is 311 Å². The Morgan fingerprint density at radius 1 is 0.368 bits per heavy atom. The van der Waals surface area contributed by atoms with Gasteiger partial charge in [0.2, 0.25) is 5.91 Å². The molecule has 0 aliphatic carbocycles. The topological polar surface area (TPSA) is 69.6 Å². The molecule has 4 heteroatoms. The maximum Gasteiger partial charge on any atom is 0.220 e. The van der Waals surface area contributed by atoms with Crippen molar-refractivity contribution >= 4 is 5.91 Å². The molecule has 0 aliphatic heterocycles. The Morgan fingerprint density at radius 2 is 0.647 bits per heavy atom. The molecule has 68 heavy (non-hydrogen) atoms. The summed E-state index contributed by atoms with van der Waals surface area (Å²) in [6.07, 6.45) is 84.7. The first-order valence-corrected chi connectivity index (χ1v) is 30.1. The third-order valence-electron chi connectivity index (χ3n) is 13.7. The molecule has 0 radical (unpaired) electrons. The Hall–Kier alpha value is -2.17. The molecule has 0 heterocycles. The summed E-state index contributed by atoms with van der Waals surface area (Å²) in [4.78, 5) is 12.5. The minimum atomic E-state index is -0.665. The van der Waals surface area contributed by atoms with Crippen LogP contribution in [0.4, 0.5) is 0 Å². The van der Waals surface area contributed by atoms with Crippen molar-refractivity contribution in [2.24, 2.45) is 0 Å². The van der Waals surface area contributed by atoms with Crippen LogP contribution in [0.5, 0.6) is 0 Å². The van der Waals surface area contributed by atoms with Gasteiger partial charge in [0.1, 0.15) is 0 Å². The summed E-state index contributed by atoms with van der Waals surface area (Å²) in [5, 5.41) is 23.4. The van der Waals surface area contributed by atoms with Crippen molar-refractivity contribution in [2.75, 3.05) is 6.61 Å². The van der Waals surface area contributed by atoms with Gasteiger partial charge in [-0.15, -0.1) is 0 Å². The van der Waals surface area contributed by atoms with E-state index in [4.69, 9.17) is 0 Å². The molecule has 0 rings (SSSR count). The fraction of sp³-hybridized carbons (Fsp3) is 0.797. The molecule has 0 spiro atoms. The number of aliphatic hydroxyl groups is 2. The highest BCUT2D eigenvalue weighted by molar-refractivity contribution is 5.76. The van der Waals surface area contributed by atoms with Crippen LogP contribution in [0.15, 0.2) is 72.9 Å². The summed E-state index contributed by atoms with van der Waals surface area (Å²) in [7, 11) is 0. The monoisotopic (exact) mass is 948 g/mol. The van der Waals surface area contributed by atoms with E-state index in [0.717, 1.165) is 64.2 Å². The maximum atomic E-state index is 12.5. The second-order valence-electron chi connectivity index (χ2n) is 20.4. The van der Waals surface area contributed by atoms with Gasteiger partial charge < -0.3 is 15.5 Å². The van der Waals surface area contributed by atoms with Gasteiger partial charge in [0.05, 0.1) is 18.8 Å².